The first-order chi connectivity index (χ1) is 9.63. The molecule has 1 aromatic carbocycles. The molecule has 3 rings (SSSR count). The normalized spacial score (nSPS) is 25.4. The first-order valence-corrected chi connectivity index (χ1v) is 7.00. The fourth-order valence-corrected chi connectivity index (χ4v) is 3.24. The number of carbonyl (C=O) groups is 1. The highest BCUT2D eigenvalue weighted by Gasteiger charge is 2.43. The van der Waals surface area contributed by atoms with E-state index in [0.717, 1.165) is 30.5 Å². The number of nitrogens with zero attached hydrogens (tertiary/aromatic N) is 3. The minimum absolute atomic E-state index is 0.511. The molecule has 0 aliphatic carbocycles. The molecule has 2 aliphatic heterocycles. The molecule has 1 N–H and O–H groups in total. The highest BCUT2D eigenvalue weighted by molar-refractivity contribution is 5.90. The van der Waals surface area contributed by atoms with Crippen molar-refractivity contribution in [3.05, 3.63) is 29.8 Å². The highest BCUT2D eigenvalue weighted by Crippen LogP contribution is 2.37. The predicted molar refractivity (Wildman–Crippen MR) is 78.4 cm³/mol. The second-order valence-electron chi connectivity index (χ2n) is 5.55. The van der Waals surface area contributed by atoms with Crippen LogP contribution in [0.25, 0.3) is 0 Å². The lowest BCUT2D eigenvalue weighted by Gasteiger charge is -2.51. The number of hydrogen-bond donors (Lipinski definition) is 1. The van der Waals surface area contributed by atoms with Crippen molar-refractivity contribution < 1.29 is 9.90 Å². The van der Waals surface area contributed by atoms with Crippen molar-refractivity contribution in [2.75, 3.05) is 18.1 Å². The van der Waals surface area contributed by atoms with Crippen molar-refractivity contribution in [3.8, 4) is 0 Å². The summed E-state index contributed by atoms with van der Waals surface area (Å²) in [7, 11) is 0. The summed E-state index contributed by atoms with van der Waals surface area (Å²) in [4.78, 5) is 19.7. The summed E-state index contributed by atoms with van der Waals surface area (Å²) in [5.41, 5.74) is 1.60. The maximum absolute atomic E-state index is 11.6. The molecule has 1 atom stereocenters. The molecule has 106 valence electrons. The summed E-state index contributed by atoms with van der Waals surface area (Å²) < 4.78 is 0. The Kier molecular flexibility index (Phi) is 3.12. The maximum atomic E-state index is 11.6. The number of likely N-dealkylation sites (tertiary alicyclic amines) is 1. The zero-order valence-corrected chi connectivity index (χ0v) is 11.6. The highest BCUT2D eigenvalue weighted by atomic mass is 16.4. The van der Waals surface area contributed by atoms with Gasteiger partial charge in [0.2, 0.25) is 0 Å². The van der Waals surface area contributed by atoms with Crippen LogP contribution in [0.4, 0.5) is 10.5 Å². The summed E-state index contributed by atoms with van der Waals surface area (Å²) in [5.74, 6) is 0. The van der Waals surface area contributed by atoms with Crippen LogP contribution in [0.15, 0.2) is 29.3 Å². The molecule has 1 fully saturated rings. The SMILES string of the molecule is CC1(N2CN=Cc3ccccc32)CCCCN1C(=O)O. The van der Waals surface area contributed by atoms with Gasteiger partial charge in [0, 0.05) is 24.0 Å². The Morgan fingerprint density at radius 2 is 2.15 bits per heavy atom. The summed E-state index contributed by atoms with van der Waals surface area (Å²) in [5, 5.41) is 9.51. The molecule has 0 aromatic heterocycles. The third kappa shape index (κ3) is 1.94. The van der Waals surface area contributed by atoms with E-state index in [-0.39, 0.29) is 0 Å². The molecule has 0 saturated carbocycles. The minimum atomic E-state index is -0.848. The Balaban J connectivity index is 2.02. The first-order valence-electron chi connectivity index (χ1n) is 7.00. The summed E-state index contributed by atoms with van der Waals surface area (Å²) in [6, 6.07) is 8.03. The standard InChI is InChI=1S/C15H19N3O2/c1-15(8-4-5-9-17(15)14(19)20)18-11-16-10-12-6-2-3-7-13(12)18/h2-3,6-7,10H,4-5,8-9,11H2,1H3,(H,19,20). The van der Waals surface area contributed by atoms with Crippen molar-refractivity contribution in [1.82, 2.24) is 4.90 Å². The van der Waals surface area contributed by atoms with E-state index in [0.29, 0.717) is 13.2 Å². The van der Waals surface area contributed by atoms with Crippen molar-refractivity contribution in [2.45, 2.75) is 31.8 Å². The molecule has 0 spiro atoms. The fraction of sp³-hybridized carbons (Fsp3) is 0.467. The second-order valence-corrected chi connectivity index (χ2v) is 5.55. The number of para-hydroxylation sites is 1. The van der Waals surface area contributed by atoms with Crippen LogP contribution >= 0.6 is 0 Å². The summed E-state index contributed by atoms with van der Waals surface area (Å²) >= 11 is 0. The lowest BCUT2D eigenvalue weighted by atomic mass is 9.94. The molecule has 2 heterocycles. The van der Waals surface area contributed by atoms with E-state index in [2.05, 4.69) is 9.89 Å². The Hall–Kier alpha value is -2.04. The average Bonchev–Trinajstić information content (AvgIpc) is 2.46. The van der Waals surface area contributed by atoms with Crippen LogP contribution in [0, 0.1) is 0 Å². The van der Waals surface area contributed by atoms with Crippen LogP contribution in [0.1, 0.15) is 31.7 Å². The predicted octanol–water partition coefficient (Wildman–Crippen LogP) is 2.76. The molecule has 1 aromatic rings. The lowest BCUT2D eigenvalue weighted by molar-refractivity contribution is 0.0552. The van der Waals surface area contributed by atoms with Gasteiger partial charge in [-0.05, 0) is 32.3 Å². The molecule has 2 aliphatic rings. The number of aliphatic imine (C=N–C) groups is 1. The van der Waals surface area contributed by atoms with E-state index in [9.17, 15) is 9.90 Å². The van der Waals surface area contributed by atoms with E-state index in [1.54, 1.807) is 4.90 Å². The number of benzene rings is 1. The van der Waals surface area contributed by atoms with Crippen molar-refractivity contribution in [2.24, 2.45) is 4.99 Å². The van der Waals surface area contributed by atoms with Gasteiger partial charge in [-0.25, -0.2) is 4.79 Å². The first kappa shape index (κ1) is 13.0. The lowest BCUT2D eigenvalue weighted by Crippen LogP contribution is -2.63. The molecular formula is C15H19N3O2. The topological polar surface area (TPSA) is 56.1 Å². The number of fused-ring (bicyclic) bond motifs is 1. The molecular weight excluding hydrogens is 254 g/mol. The Bertz CT molecular complexity index is 558. The zero-order chi connectivity index (χ0) is 14.2. The van der Waals surface area contributed by atoms with Crippen LogP contribution < -0.4 is 4.90 Å². The Morgan fingerprint density at radius 1 is 1.35 bits per heavy atom. The van der Waals surface area contributed by atoms with Crippen LogP contribution in [-0.4, -0.2) is 41.2 Å². The van der Waals surface area contributed by atoms with Crippen molar-refractivity contribution >= 4 is 18.0 Å². The van der Waals surface area contributed by atoms with Gasteiger partial charge >= 0.3 is 6.09 Å². The van der Waals surface area contributed by atoms with Gasteiger partial charge in [-0.3, -0.25) is 9.89 Å². The number of hydrogen-bond acceptors (Lipinski definition) is 3. The number of amides is 1. The van der Waals surface area contributed by atoms with Gasteiger partial charge in [0.15, 0.2) is 0 Å². The zero-order valence-electron chi connectivity index (χ0n) is 11.6. The third-order valence-corrected chi connectivity index (χ3v) is 4.36. The Morgan fingerprint density at radius 3 is 2.95 bits per heavy atom. The van der Waals surface area contributed by atoms with Gasteiger partial charge in [0.05, 0.1) is 0 Å². The summed E-state index contributed by atoms with van der Waals surface area (Å²) in [6.07, 6.45) is 3.83. The second kappa shape index (κ2) is 4.81. The number of piperidine rings is 1. The monoisotopic (exact) mass is 273 g/mol. The molecule has 20 heavy (non-hydrogen) atoms. The van der Waals surface area contributed by atoms with Crippen molar-refractivity contribution in [3.63, 3.8) is 0 Å². The van der Waals surface area contributed by atoms with Crippen LogP contribution in [-0.2, 0) is 0 Å². The molecule has 0 radical (unpaired) electrons. The average molecular weight is 273 g/mol. The molecule has 5 nitrogen and oxygen atoms in total. The molecule has 5 heteroatoms. The minimum Gasteiger partial charge on any atom is -0.465 e. The number of carboxylic acid groups (broad SMARTS) is 1. The van der Waals surface area contributed by atoms with Gasteiger partial charge in [0.1, 0.15) is 12.3 Å². The van der Waals surface area contributed by atoms with E-state index in [1.807, 2.05) is 37.4 Å². The third-order valence-electron chi connectivity index (χ3n) is 4.36. The molecule has 1 unspecified atom stereocenters. The van der Waals surface area contributed by atoms with E-state index in [1.165, 1.54) is 0 Å². The summed E-state index contributed by atoms with van der Waals surface area (Å²) in [6.45, 7) is 3.11. The quantitative estimate of drug-likeness (QED) is 0.856. The van der Waals surface area contributed by atoms with Gasteiger partial charge in [-0.2, -0.15) is 0 Å². The Labute approximate surface area is 118 Å². The van der Waals surface area contributed by atoms with E-state index < -0.39 is 11.8 Å². The maximum Gasteiger partial charge on any atom is 0.409 e. The number of rotatable bonds is 1. The number of anilines is 1. The molecule has 0 bridgehead atoms. The smallest absolute Gasteiger partial charge is 0.409 e. The van der Waals surface area contributed by atoms with E-state index >= 15 is 0 Å². The largest absolute Gasteiger partial charge is 0.465 e. The van der Waals surface area contributed by atoms with Gasteiger partial charge < -0.3 is 10.0 Å². The van der Waals surface area contributed by atoms with E-state index in [4.69, 9.17) is 0 Å². The van der Waals surface area contributed by atoms with Gasteiger partial charge in [-0.15, -0.1) is 0 Å². The van der Waals surface area contributed by atoms with Crippen LogP contribution in [0.3, 0.4) is 0 Å². The fourth-order valence-electron chi connectivity index (χ4n) is 3.24. The van der Waals surface area contributed by atoms with Gasteiger partial charge in [0.25, 0.3) is 0 Å². The van der Waals surface area contributed by atoms with Crippen LogP contribution in [0.2, 0.25) is 0 Å². The van der Waals surface area contributed by atoms with Crippen molar-refractivity contribution in [1.29, 1.82) is 0 Å². The van der Waals surface area contributed by atoms with Gasteiger partial charge in [-0.1, -0.05) is 18.2 Å². The van der Waals surface area contributed by atoms with Crippen LogP contribution in [0.5, 0.6) is 0 Å². The molecule has 1 saturated heterocycles. The molecule has 1 amide bonds.